The summed E-state index contributed by atoms with van der Waals surface area (Å²) >= 11 is 3.41. The molecule has 0 radical (unpaired) electrons. The monoisotopic (exact) mass is 409 g/mol. The minimum absolute atomic E-state index is 0.0217. The van der Waals surface area contributed by atoms with E-state index >= 15 is 0 Å². The van der Waals surface area contributed by atoms with Gasteiger partial charge in [0.2, 0.25) is 0 Å². The molecule has 1 aromatic carbocycles. The van der Waals surface area contributed by atoms with Gasteiger partial charge in [0.25, 0.3) is 0 Å². The minimum Gasteiger partial charge on any atom is -0.444 e. The summed E-state index contributed by atoms with van der Waals surface area (Å²) < 4.78 is 20.4. The number of H-pyrrole nitrogens is 1. The van der Waals surface area contributed by atoms with Crippen molar-refractivity contribution in [3.8, 4) is 11.3 Å². The molecule has 2 heterocycles. The van der Waals surface area contributed by atoms with E-state index in [1.165, 1.54) is 4.90 Å². The van der Waals surface area contributed by atoms with Crippen LogP contribution in [-0.4, -0.2) is 39.3 Å². The lowest BCUT2D eigenvalue weighted by molar-refractivity contribution is 0.0211. The van der Waals surface area contributed by atoms with Crippen LogP contribution < -0.4 is 0 Å². The predicted molar refractivity (Wildman–Crippen MR) is 96.9 cm³/mol. The van der Waals surface area contributed by atoms with E-state index in [1.54, 1.807) is 27.0 Å². The maximum atomic E-state index is 14.0. The van der Waals surface area contributed by atoms with E-state index in [0.29, 0.717) is 5.82 Å². The number of likely N-dealkylation sites (tertiary alicyclic amines) is 1. The third-order valence-electron chi connectivity index (χ3n) is 3.94. The van der Waals surface area contributed by atoms with Gasteiger partial charge >= 0.3 is 6.09 Å². The number of nitrogens with zero attached hydrogens (tertiary/aromatic N) is 2. The van der Waals surface area contributed by atoms with Crippen molar-refractivity contribution in [2.45, 2.75) is 45.0 Å². The Hall–Kier alpha value is -1.89. The number of hydrogen-bond donors (Lipinski definition) is 1. The Morgan fingerprint density at radius 2 is 2.04 bits per heavy atom. The van der Waals surface area contributed by atoms with Gasteiger partial charge in [0.05, 0.1) is 24.5 Å². The molecule has 0 saturated carbocycles. The van der Waals surface area contributed by atoms with Crippen molar-refractivity contribution in [2.75, 3.05) is 6.54 Å². The van der Waals surface area contributed by atoms with Crippen LogP contribution in [0.15, 0.2) is 34.9 Å². The molecule has 3 rings (SSSR count). The van der Waals surface area contributed by atoms with Crippen LogP contribution in [0.1, 0.15) is 39.1 Å². The molecular weight excluding hydrogens is 389 g/mol. The first-order valence-corrected chi connectivity index (χ1v) is 8.97. The topological polar surface area (TPSA) is 58.2 Å². The van der Waals surface area contributed by atoms with Crippen LogP contribution in [0.2, 0.25) is 0 Å². The molecule has 0 aliphatic carbocycles. The Morgan fingerprint density at radius 3 is 2.68 bits per heavy atom. The smallest absolute Gasteiger partial charge is 0.411 e. The molecule has 0 spiro atoms. The average Bonchev–Trinajstić information content (AvgIpc) is 3.12. The normalized spacial score (nSPS) is 20.8. The van der Waals surface area contributed by atoms with Crippen molar-refractivity contribution in [1.82, 2.24) is 14.9 Å². The molecule has 1 saturated heterocycles. The quantitative estimate of drug-likeness (QED) is 0.770. The fraction of sp³-hybridized carbons (Fsp3) is 0.444. The summed E-state index contributed by atoms with van der Waals surface area (Å²) in [7, 11) is 0. The van der Waals surface area contributed by atoms with Gasteiger partial charge in [-0.25, -0.2) is 14.2 Å². The highest BCUT2D eigenvalue weighted by molar-refractivity contribution is 9.10. The van der Waals surface area contributed by atoms with Crippen molar-refractivity contribution in [3.05, 3.63) is 40.8 Å². The Morgan fingerprint density at radius 1 is 1.36 bits per heavy atom. The highest BCUT2D eigenvalue weighted by atomic mass is 79.9. The number of halogens is 2. The Bertz CT molecular complexity index is 754. The van der Waals surface area contributed by atoms with Crippen LogP contribution in [0, 0.1) is 0 Å². The number of nitrogens with one attached hydrogen (secondary N) is 1. The molecule has 1 amide bonds. The molecule has 1 aliphatic heterocycles. The van der Waals surface area contributed by atoms with Gasteiger partial charge in [0.1, 0.15) is 17.6 Å². The number of carbonyl (C=O) groups is 1. The number of rotatable bonds is 2. The molecule has 1 aromatic heterocycles. The minimum atomic E-state index is -1.08. The highest BCUT2D eigenvalue weighted by Crippen LogP contribution is 2.34. The summed E-state index contributed by atoms with van der Waals surface area (Å²) in [5, 5.41) is 0. The van der Waals surface area contributed by atoms with E-state index in [1.807, 2.05) is 24.3 Å². The van der Waals surface area contributed by atoms with E-state index in [0.717, 1.165) is 15.7 Å². The van der Waals surface area contributed by atoms with Crippen LogP contribution in [0.4, 0.5) is 9.18 Å². The molecule has 25 heavy (non-hydrogen) atoms. The number of hydrogen-bond acceptors (Lipinski definition) is 3. The van der Waals surface area contributed by atoms with Crippen molar-refractivity contribution >= 4 is 22.0 Å². The zero-order chi connectivity index (χ0) is 18.2. The van der Waals surface area contributed by atoms with Crippen LogP contribution >= 0.6 is 15.9 Å². The van der Waals surface area contributed by atoms with Crippen LogP contribution in [0.3, 0.4) is 0 Å². The molecule has 2 aromatic rings. The van der Waals surface area contributed by atoms with Gasteiger partial charge in [-0.3, -0.25) is 4.90 Å². The van der Waals surface area contributed by atoms with Gasteiger partial charge in [0.15, 0.2) is 0 Å². The average molecular weight is 410 g/mol. The second-order valence-corrected chi connectivity index (χ2v) is 8.09. The SMILES string of the molecule is CC(C)(C)OC(=O)N1C[C@H](F)C[C@H]1c1ncc(-c2ccc(Br)cc2)[nH]1. The van der Waals surface area contributed by atoms with E-state index in [9.17, 15) is 9.18 Å². The summed E-state index contributed by atoms with van der Waals surface area (Å²) in [5.74, 6) is 0.573. The number of benzene rings is 1. The summed E-state index contributed by atoms with van der Waals surface area (Å²) in [6, 6.07) is 7.35. The number of amides is 1. The van der Waals surface area contributed by atoms with E-state index in [-0.39, 0.29) is 13.0 Å². The Labute approximate surface area is 154 Å². The van der Waals surface area contributed by atoms with E-state index in [2.05, 4.69) is 25.9 Å². The molecule has 7 heteroatoms. The standard InChI is InChI=1S/C18H21BrFN3O2/c1-18(2,3)25-17(24)23-10-13(20)8-15(23)16-21-9-14(22-16)11-4-6-12(19)7-5-11/h4-7,9,13,15H,8,10H2,1-3H3,(H,21,22)/t13-,15+/m1/s1. The van der Waals surface area contributed by atoms with Gasteiger partial charge in [-0.2, -0.15) is 0 Å². The maximum absolute atomic E-state index is 14.0. The van der Waals surface area contributed by atoms with Crippen molar-refractivity contribution in [1.29, 1.82) is 0 Å². The van der Waals surface area contributed by atoms with Gasteiger partial charge < -0.3 is 9.72 Å². The molecule has 134 valence electrons. The first-order valence-electron chi connectivity index (χ1n) is 8.17. The molecule has 0 unspecified atom stereocenters. The van der Waals surface area contributed by atoms with Gasteiger partial charge in [-0.1, -0.05) is 28.1 Å². The van der Waals surface area contributed by atoms with E-state index < -0.39 is 23.9 Å². The van der Waals surface area contributed by atoms with Gasteiger partial charge in [-0.15, -0.1) is 0 Å². The molecule has 0 bridgehead atoms. The fourth-order valence-corrected chi connectivity index (χ4v) is 3.11. The summed E-state index contributed by atoms with van der Waals surface area (Å²) in [6.45, 7) is 5.40. The number of aromatic nitrogens is 2. The first-order chi connectivity index (χ1) is 11.7. The molecule has 2 atom stereocenters. The first kappa shape index (κ1) is 17.9. The van der Waals surface area contributed by atoms with Crippen molar-refractivity contribution in [3.63, 3.8) is 0 Å². The van der Waals surface area contributed by atoms with Crippen LogP contribution in [-0.2, 0) is 4.74 Å². The number of imidazole rings is 1. The maximum Gasteiger partial charge on any atom is 0.411 e. The fourth-order valence-electron chi connectivity index (χ4n) is 2.85. The number of alkyl halides is 1. The lowest BCUT2D eigenvalue weighted by Crippen LogP contribution is -2.37. The third-order valence-corrected chi connectivity index (χ3v) is 4.47. The molecule has 5 nitrogen and oxygen atoms in total. The second kappa shape index (κ2) is 6.78. The van der Waals surface area contributed by atoms with Crippen LogP contribution in [0.5, 0.6) is 0 Å². The van der Waals surface area contributed by atoms with Crippen molar-refractivity contribution in [2.24, 2.45) is 0 Å². The third kappa shape index (κ3) is 4.21. The Balaban J connectivity index is 1.82. The Kier molecular flexibility index (Phi) is 4.86. The summed E-state index contributed by atoms with van der Waals surface area (Å²) in [5.41, 5.74) is 1.18. The highest BCUT2D eigenvalue weighted by Gasteiger charge is 2.40. The number of aromatic amines is 1. The molecule has 1 N–H and O–H groups in total. The van der Waals surface area contributed by atoms with Gasteiger partial charge in [-0.05, 0) is 38.5 Å². The molecular formula is C18H21BrFN3O2. The van der Waals surface area contributed by atoms with Crippen molar-refractivity contribution < 1.29 is 13.9 Å². The second-order valence-electron chi connectivity index (χ2n) is 7.17. The van der Waals surface area contributed by atoms with Gasteiger partial charge in [0, 0.05) is 10.9 Å². The predicted octanol–water partition coefficient (Wildman–Crippen LogP) is 4.86. The lowest BCUT2D eigenvalue weighted by atomic mass is 10.2. The zero-order valence-electron chi connectivity index (χ0n) is 14.4. The van der Waals surface area contributed by atoms with E-state index in [4.69, 9.17) is 4.74 Å². The summed E-state index contributed by atoms with van der Waals surface area (Å²) in [4.78, 5) is 21.4. The lowest BCUT2D eigenvalue weighted by Gasteiger charge is -2.27. The molecule has 1 fully saturated rings. The zero-order valence-corrected chi connectivity index (χ0v) is 16.0. The largest absolute Gasteiger partial charge is 0.444 e. The number of carbonyl (C=O) groups excluding carboxylic acids is 1. The number of ether oxygens (including phenoxy) is 1. The molecule has 1 aliphatic rings. The summed E-state index contributed by atoms with van der Waals surface area (Å²) in [6.07, 6.45) is 0.321. The van der Waals surface area contributed by atoms with Crippen LogP contribution in [0.25, 0.3) is 11.3 Å².